The molecular weight excluding hydrogens is 430 g/mol. The number of β-amino-alcohol motifs (C(OH)–C–C–N with tert-alkyl or cyclic N) is 1. The smallest absolute Gasteiger partial charge is 0.225 e. The van der Waals surface area contributed by atoms with E-state index in [1.165, 1.54) is 17.5 Å². The molecule has 8 heteroatoms. The number of amides is 1. The summed E-state index contributed by atoms with van der Waals surface area (Å²) in [5.41, 5.74) is 4.09. The van der Waals surface area contributed by atoms with Crippen LogP contribution >= 0.6 is 0 Å². The third-order valence-corrected chi connectivity index (χ3v) is 7.31. The van der Waals surface area contributed by atoms with Crippen molar-refractivity contribution in [1.29, 1.82) is 0 Å². The predicted molar refractivity (Wildman–Crippen MR) is 130 cm³/mol. The highest BCUT2D eigenvalue weighted by molar-refractivity contribution is 5.80. The Bertz CT molecular complexity index is 992. The maximum absolute atomic E-state index is 12.3. The minimum Gasteiger partial charge on any atom is -0.390 e. The maximum atomic E-state index is 12.3. The van der Waals surface area contributed by atoms with Crippen molar-refractivity contribution in [2.24, 2.45) is 5.92 Å². The summed E-state index contributed by atoms with van der Waals surface area (Å²) in [5.74, 6) is 0.544. The molecule has 0 radical (unpaired) electrons. The van der Waals surface area contributed by atoms with Gasteiger partial charge in [-0.3, -0.25) is 20.0 Å². The molecule has 1 amide bonds. The third-order valence-electron chi connectivity index (χ3n) is 7.31. The number of rotatable bonds is 9. The number of aromatic nitrogens is 1. The Labute approximate surface area is 201 Å². The molecule has 2 aromatic rings. The van der Waals surface area contributed by atoms with Crippen LogP contribution in [0.25, 0.3) is 0 Å². The van der Waals surface area contributed by atoms with E-state index >= 15 is 0 Å². The van der Waals surface area contributed by atoms with Crippen molar-refractivity contribution in [1.82, 2.24) is 20.1 Å². The number of carbonyl (C=O) groups is 1. The summed E-state index contributed by atoms with van der Waals surface area (Å²) < 4.78 is 0. The molecule has 2 fully saturated rings. The van der Waals surface area contributed by atoms with Gasteiger partial charge >= 0.3 is 0 Å². The largest absolute Gasteiger partial charge is 0.390 e. The second kappa shape index (κ2) is 10.4. The summed E-state index contributed by atoms with van der Waals surface area (Å²) in [7, 11) is 0. The van der Waals surface area contributed by atoms with Crippen LogP contribution in [0.4, 0.5) is 5.69 Å². The number of hydrogen-bond donors (Lipinski definition) is 4. The highest BCUT2D eigenvalue weighted by atomic mass is 16.3. The van der Waals surface area contributed by atoms with Crippen LogP contribution in [0.5, 0.6) is 0 Å². The van der Waals surface area contributed by atoms with Crippen LogP contribution in [-0.2, 0) is 17.8 Å². The molecule has 1 aromatic heterocycles. The molecule has 1 unspecified atom stereocenters. The van der Waals surface area contributed by atoms with Gasteiger partial charge in [-0.05, 0) is 42.5 Å². The summed E-state index contributed by atoms with van der Waals surface area (Å²) >= 11 is 0. The lowest BCUT2D eigenvalue weighted by Crippen LogP contribution is -2.58. The van der Waals surface area contributed by atoms with Crippen molar-refractivity contribution in [3.05, 3.63) is 59.4 Å². The van der Waals surface area contributed by atoms with Gasteiger partial charge in [-0.1, -0.05) is 30.7 Å². The summed E-state index contributed by atoms with van der Waals surface area (Å²) in [6.45, 7) is 4.05. The first kappa shape index (κ1) is 23.2. The maximum Gasteiger partial charge on any atom is 0.225 e. The molecule has 1 saturated heterocycles. The van der Waals surface area contributed by atoms with Gasteiger partial charge in [-0.25, -0.2) is 0 Å². The van der Waals surface area contributed by atoms with Gasteiger partial charge < -0.3 is 20.4 Å². The Hall–Kier alpha value is -2.52. The summed E-state index contributed by atoms with van der Waals surface area (Å²) in [6.07, 6.45) is 4.36. The van der Waals surface area contributed by atoms with Gasteiger partial charge in [-0.15, -0.1) is 0 Å². The number of fused-ring (bicyclic) bond motifs is 1. The van der Waals surface area contributed by atoms with Crippen molar-refractivity contribution < 1.29 is 15.0 Å². The highest BCUT2D eigenvalue weighted by Crippen LogP contribution is 2.30. The minimum absolute atomic E-state index is 0.223. The van der Waals surface area contributed by atoms with Crippen LogP contribution in [-0.4, -0.2) is 75.8 Å². The van der Waals surface area contributed by atoms with Crippen molar-refractivity contribution in [2.45, 2.75) is 50.6 Å². The van der Waals surface area contributed by atoms with E-state index in [4.69, 9.17) is 0 Å². The first-order valence-electron chi connectivity index (χ1n) is 12.4. The Balaban J connectivity index is 1.05. The molecule has 3 heterocycles. The van der Waals surface area contributed by atoms with E-state index < -0.39 is 12.3 Å². The lowest BCUT2D eigenvalue weighted by Gasteiger charge is -2.43. The summed E-state index contributed by atoms with van der Waals surface area (Å²) in [4.78, 5) is 20.7. The Morgan fingerprint density at radius 2 is 1.94 bits per heavy atom. The van der Waals surface area contributed by atoms with Crippen LogP contribution in [0, 0.1) is 5.92 Å². The lowest BCUT2D eigenvalue weighted by atomic mass is 9.83. The number of nitrogens with zero attached hydrogens (tertiary/aromatic N) is 3. The molecule has 0 spiro atoms. The number of pyridine rings is 1. The highest BCUT2D eigenvalue weighted by Gasteiger charge is 2.36. The van der Waals surface area contributed by atoms with Crippen molar-refractivity contribution in [3.8, 4) is 0 Å². The van der Waals surface area contributed by atoms with Gasteiger partial charge in [0, 0.05) is 57.1 Å². The summed E-state index contributed by atoms with van der Waals surface area (Å²) in [5, 5.41) is 27.5. The van der Waals surface area contributed by atoms with Crippen LogP contribution in [0.2, 0.25) is 0 Å². The molecule has 3 aliphatic rings. The molecule has 2 atom stereocenters. The van der Waals surface area contributed by atoms with Crippen LogP contribution in [0.3, 0.4) is 0 Å². The number of hydrogen-bond acceptors (Lipinski definition) is 7. The number of likely N-dealkylation sites (tertiary alicyclic amines) is 1. The number of aliphatic hydroxyl groups excluding tert-OH is 2. The standard InChI is InChI=1S/C26H35N5O3/c32-23(17-30-11-9-18-4-1-2-5-20(18)14-30)13-28-25(33)24-12-21(8-10-27-24)29-22-15-31(16-22)26(34)19-6-3-7-19/h1-2,4-5,8,10,12,19,22-23,25,28,32-33H,3,6-7,9,11,13-17H2,(H,27,29)/t23-,25?/m0/s1. The molecule has 5 rings (SSSR count). The van der Waals surface area contributed by atoms with E-state index in [1.807, 2.05) is 17.0 Å². The fourth-order valence-electron chi connectivity index (χ4n) is 5.01. The van der Waals surface area contributed by atoms with Crippen molar-refractivity contribution in [3.63, 3.8) is 0 Å². The zero-order valence-corrected chi connectivity index (χ0v) is 19.6. The first-order chi connectivity index (χ1) is 16.5. The summed E-state index contributed by atoms with van der Waals surface area (Å²) in [6, 6.07) is 12.4. The Kier molecular flexibility index (Phi) is 7.10. The fraction of sp³-hybridized carbons (Fsp3) is 0.538. The average Bonchev–Trinajstić information content (AvgIpc) is 2.78. The molecular formula is C26H35N5O3. The molecule has 1 saturated carbocycles. The molecule has 182 valence electrons. The molecule has 1 aromatic carbocycles. The quantitative estimate of drug-likeness (QED) is 0.417. The van der Waals surface area contributed by atoms with E-state index in [0.29, 0.717) is 18.1 Å². The molecule has 0 bridgehead atoms. The van der Waals surface area contributed by atoms with E-state index in [2.05, 4.69) is 44.8 Å². The SMILES string of the molecule is O=C(C1CCC1)N1CC(Nc2ccnc(C(O)NC[C@H](O)CN3CCc4ccccc4C3)c2)C1. The van der Waals surface area contributed by atoms with E-state index in [9.17, 15) is 15.0 Å². The van der Waals surface area contributed by atoms with Gasteiger partial charge in [0.1, 0.15) is 6.23 Å². The first-order valence-corrected chi connectivity index (χ1v) is 12.4. The normalized spacial score (nSPS) is 20.7. The number of nitrogens with one attached hydrogen (secondary N) is 2. The zero-order valence-electron chi connectivity index (χ0n) is 19.6. The van der Waals surface area contributed by atoms with Crippen LogP contribution in [0.15, 0.2) is 42.6 Å². The molecule has 34 heavy (non-hydrogen) atoms. The van der Waals surface area contributed by atoms with Gasteiger partial charge in [0.25, 0.3) is 0 Å². The van der Waals surface area contributed by atoms with E-state index in [-0.39, 0.29) is 18.5 Å². The molecule has 8 nitrogen and oxygen atoms in total. The average molecular weight is 466 g/mol. The van der Waals surface area contributed by atoms with Gasteiger partial charge in [0.05, 0.1) is 17.8 Å². The van der Waals surface area contributed by atoms with E-state index in [0.717, 1.165) is 51.1 Å². The second-order valence-corrected chi connectivity index (χ2v) is 9.90. The number of anilines is 1. The van der Waals surface area contributed by atoms with Crippen LogP contribution < -0.4 is 10.6 Å². The van der Waals surface area contributed by atoms with Crippen LogP contribution in [0.1, 0.15) is 42.3 Å². The van der Waals surface area contributed by atoms with Gasteiger partial charge in [0.2, 0.25) is 5.91 Å². The predicted octanol–water partition coefficient (Wildman–Crippen LogP) is 1.50. The molecule has 1 aliphatic carbocycles. The van der Waals surface area contributed by atoms with Gasteiger partial charge in [0.15, 0.2) is 0 Å². The Morgan fingerprint density at radius 3 is 2.71 bits per heavy atom. The number of aliphatic hydroxyl groups is 2. The van der Waals surface area contributed by atoms with Crippen molar-refractivity contribution >= 4 is 11.6 Å². The fourth-order valence-corrected chi connectivity index (χ4v) is 5.01. The minimum atomic E-state index is -0.962. The monoisotopic (exact) mass is 465 g/mol. The van der Waals surface area contributed by atoms with Gasteiger partial charge in [-0.2, -0.15) is 0 Å². The molecule has 4 N–H and O–H groups in total. The number of carbonyl (C=O) groups excluding carboxylic acids is 1. The van der Waals surface area contributed by atoms with E-state index in [1.54, 1.807) is 6.20 Å². The Morgan fingerprint density at radius 1 is 1.15 bits per heavy atom. The number of benzene rings is 1. The zero-order chi connectivity index (χ0) is 23.5. The topological polar surface area (TPSA) is 101 Å². The van der Waals surface area contributed by atoms with Crippen molar-refractivity contribution in [2.75, 3.05) is 38.0 Å². The second-order valence-electron chi connectivity index (χ2n) is 9.90. The lowest BCUT2D eigenvalue weighted by molar-refractivity contribution is -0.142. The molecule has 2 aliphatic heterocycles. The third kappa shape index (κ3) is 5.41.